The fourth-order valence-electron chi connectivity index (χ4n) is 3.31. The number of amides is 1. The van der Waals surface area contributed by atoms with Gasteiger partial charge in [-0.1, -0.05) is 18.9 Å². The van der Waals surface area contributed by atoms with E-state index in [-0.39, 0.29) is 30.0 Å². The average Bonchev–Trinajstić information content (AvgIpc) is 2.70. The molecule has 0 spiro atoms. The number of pyridine rings is 1. The fourth-order valence-corrected chi connectivity index (χ4v) is 3.76. The van der Waals surface area contributed by atoms with Gasteiger partial charge in [0, 0.05) is 23.5 Å². The Morgan fingerprint density at radius 3 is 2.96 bits per heavy atom. The summed E-state index contributed by atoms with van der Waals surface area (Å²) >= 11 is 1.57. The van der Waals surface area contributed by atoms with E-state index in [2.05, 4.69) is 10.3 Å². The molecule has 1 fully saturated rings. The lowest BCUT2D eigenvalue weighted by atomic mass is 9.85. The Bertz CT molecular complexity index is 803. The normalized spacial score (nSPS) is 19.5. The third-order valence-electron chi connectivity index (χ3n) is 4.78. The Morgan fingerprint density at radius 1 is 1.37 bits per heavy atom. The molecular formula is C20H23FN2O3S. The van der Waals surface area contributed by atoms with Crippen molar-refractivity contribution >= 4 is 17.7 Å². The summed E-state index contributed by atoms with van der Waals surface area (Å²) in [7, 11) is 0. The fraction of sp³-hybridized carbons (Fsp3) is 0.400. The van der Waals surface area contributed by atoms with Crippen molar-refractivity contribution in [1.82, 2.24) is 10.3 Å². The van der Waals surface area contributed by atoms with Gasteiger partial charge in [-0.05, 0) is 43.4 Å². The second-order valence-electron chi connectivity index (χ2n) is 6.59. The Morgan fingerprint density at radius 2 is 2.19 bits per heavy atom. The zero-order chi connectivity index (χ0) is 19.2. The van der Waals surface area contributed by atoms with E-state index >= 15 is 0 Å². The smallest absolute Gasteiger partial charge is 0.257 e. The van der Waals surface area contributed by atoms with Crippen LogP contribution in [0.1, 0.15) is 36.0 Å². The summed E-state index contributed by atoms with van der Waals surface area (Å²) in [5.74, 6) is -0.438. The SMILES string of the molecule is CSc1cccc(Oc2ncc(F)cc2C(=O)NC2CCCC[C@H]2CO)c1. The van der Waals surface area contributed by atoms with Crippen molar-refractivity contribution in [3.63, 3.8) is 0 Å². The molecule has 2 N–H and O–H groups in total. The van der Waals surface area contributed by atoms with Gasteiger partial charge in [0.25, 0.3) is 5.91 Å². The summed E-state index contributed by atoms with van der Waals surface area (Å²) < 4.78 is 19.5. The molecule has 144 valence electrons. The number of nitrogens with one attached hydrogen (secondary N) is 1. The minimum absolute atomic E-state index is 0.0202. The number of hydrogen-bond donors (Lipinski definition) is 2. The minimum Gasteiger partial charge on any atom is -0.438 e. The molecule has 7 heteroatoms. The van der Waals surface area contributed by atoms with Crippen LogP contribution in [0.4, 0.5) is 4.39 Å². The molecule has 1 aromatic heterocycles. The van der Waals surface area contributed by atoms with E-state index in [1.54, 1.807) is 17.8 Å². The molecule has 1 amide bonds. The van der Waals surface area contributed by atoms with E-state index in [9.17, 15) is 14.3 Å². The Labute approximate surface area is 162 Å². The van der Waals surface area contributed by atoms with Crippen LogP contribution in [-0.4, -0.2) is 34.9 Å². The Hall–Kier alpha value is -2.12. The highest BCUT2D eigenvalue weighted by Gasteiger charge is 2.27. The molecule has 1 aliphatic rings. The van der Waals surface area contributed by atoms with Gasteiger partial charge in [0.15, 0.2) is 0 Å². The number of aliphatic hydroxyl groups excluding tert-OH is 1. The zero-order valence-electron chi connectivity index (χ0n) is 15.2. The Balaban J connectivity index is 1.81. The van der Waals surface area contributed by atoms with Crippen LogP contribution >= 0.6 is 11.8 Å². The number of rotatable bonds is 6. The van der Waals surface area contributed by atoms with Crippen LogP contribution in [0.25, 0.3) is 0 Å². The molecule has 27 heavy (non-hydrogen) atoms. The molecule has 0 radical (unpaired) electrons. The summed E-state index contributed by atoms with van der Waals surface area (Å²) in [6.45, 7) is 0.0250. The summed E-state index contributed by atoms with van der Waals surface area (Å²) in [4.78, 5) is 17.8. The molecular weight excluding hydrogens is 367 g/mol. The number of ether oxygens (including phenoxy) is 1. The molecule has 2 atom stereocenters. The van der Waals surface area contributed by atoms with E-state index in [4.69, 9.17) is 4.74 Å². The van der Waals surface area contributed by atoms with Crippen LogP contribution in [0.5, 0.6) is 11.6 Å². The van der Waals surface area contributed by atoms with Crippen molar-refractivity contribution in [2.24, 2.45) is 5.92 Å². The van der Waals surface area contributed by atoms with E-state index in [1.165, 1.54) is 0 Å². The second-order valence-corrected chi connectivity index (χ2v) is 7.47. The molecule has 1 saturated carbocycles. The molecule has 0 bridgehead atoms. The lowest BCUT2D eigenvalue weighted by Crippen LogP contribution is -2.43. The number of nitrogens with zero attached hydrogens (tertiary/aromatic N) is 1. The molecule has 3 rings (SSSR count). The van der Waals surface area contributed by atoms with Crippen LogP contribution in [0, 0.1) is 11.7 Å². The monoisotopic (exact) mass is 390 g/mol. The van der Waals surface area contributed by atoms with Gasteiger partial charge in [-0.25, -0.2) is 9.37 Å². The number of aromatic nitrogens is 1. The van der Waals surface area contributed by atoms with Gasteiger partial charge in [-0.15, -0.1) is 11.8 Å². The minimum atomic E-state index is -0.604. The quantitative estimate of drug-likeness (QED) is 0.729. The van der Waals surface area contributed by atoms with Gasteiger partial charge in [-0.3, -0.25) is 4.79 Å². The number of hydrogen-bond acceptors (Lipinski definition) is 5. The van der Waals surface area contributed by atoms with Crippen molar-refractivity contribution in [1.29, 1.82) is 0 Å². The maximum Gasteiger partial charge on any atom is 0.257 e. The molecule has 1 heterocycles. The van der Waals surface area contributed by atoms with Gasteiger partial charge in [0.05, 0.1) is 6.20 Å². The van der Waals surface area contributed by atoms with Crippen LogP contribution in [-0.2, 0) is 0 Å². The average molecular weight is 390 g/mol. The van der Waals surface area contributed by atoms with E-state index in [1.807, 2.05) is 24.5 Å². The van der Waals surface area contributed by atoms with Gasteiger partial charge in [0.2, 0.25) is 5.88 Å². The van der Waals surface area contributed by atoms with E-state index in [0.29, 0.717) is 5.75 Å². The topological polar surface area (TPSA) is 71.5 Å². The largest absolute Gasteiger partial charge is 0.438 e. The van der Waals surface area contributed by atoms with E-state index in [0.717, 1.165) is 42.8 Å². The van der Waals surface area contributed by atoms with Gasteiger partial charge >= 0.3 is 0 Å². The standard InChI is InChI=1S/C20H23FN2O3S/c1-27-16-7-4-6-15(10-16)26-20-17(9-14(21)11-22-20)19(25)23-18-8-3-2-5-13(18)12-24/h4,6-7,9-11,13,18,24H,2-3,5,8,12H2,1H3,(H,23,25)/t13-,18?/m0/s1. The van der Waals surface area contributed by atoms with E-state index < -0.39 is 11.7 Å². The number of thioether (sulfide) groups is 1. The highest BCUT2D eigenvalue weighted by molar-refractivity contribution is 7.98. The Kier molecular flexibility index (Phi) is 6.68. The van der Waals surface area contributed by atoms with Crippen molar-refractivity contribution in [2.45, 2.75) is 36.6 Å². The van der Waals surface area contributed by atoms with Crippen molar-refractivity contribution in [2.75, 3.05) is 12.9 Å². The maximum absolute atomic E-state index is 13.7. The highest BCUT2D eigenvalue weighted by Crippen LogP contribution is 2.28. The molecule has 0 aliphatic heterocycles. The summed E-state index contributed by atoms with van der Waals surface area (Å²) in [5, 5.41) is 12.5. The predicted octanol–water partition coefficient (Wildman–Crippen LogP) is 4.02. The van der Waals surface area contributed by atoms with Gasteiger partial charge < -0.3 is 15.2 Å². The van der Waals surface area contributed by atoms with Crippen molar-refractivity contribution in [3.05, 3.63) is 47.9 Å². The van der Waals surface area contributed by atoms with Gasteiger partial charge in [0.1, 0.15) is 17.1 Å². The summed E-state index contributed by atoms with van der Waals surface area (Å²) in [5.41, 5.74) is 0.0480. The maximum atomic E-state index is 13.7. The summed E-state index contributed by atoms with van der Waals surface area (Å²) in [6.07, 6.45) is 6.68. The van der Waals surface area contributed by atoms with Crippen LogP contribution < -0.4 is 10.1 Å². The highest BCUT2D eigenvalue weighted by atomic mass is 32.2. The number of carbonyl (C=O) groups excluding carboxylic acids is 1. The van der Waals surface area contributed by atoms with Gasteiger partial charge in [-0.2, -0.15) is 0 Å². The molecule has 5 nitrogen and oxygen atoms in total. The lowest BCUT2D eigenvalue weighted by molar-refractivity contribution is 0.0869. The molecule has 1 unspecified atom stereocenters. The first-order chi connectivity index (χ1) is 13.1. The number of aliphatic hydroxyl groups is 1. The second kappa shape index (κ2) is 9.19. The number of benzene rings is 1. The first kappa shape index (κ1) is 19.6. The third kappa shape index (κ3) is 4.99. The zero-order valence-corrected chi connectivity index (χ0v) is 16.0. The third-order valence-corrected chi connectivity index (χ3v) is 5.50. The first-order valence-corrected chi connectivity index (χ1v) is 10.2. The molecule has 0 saturated heterocycles. The number of halogens is 1. The number of carbonyl (C=O) groups is 1. The molecule has 2 aromatic rings. The van der Waals surface area contributed by atoms with Crippen molar-refractivity contribution < 1.29 is 19.0 Å². The predicted molar refractivity (Wildman–Crippen MR) is 103 cm³/mol. The van der Waals surface area contributed by atoms with Crippen molar-refractivity contribution in [3.8, 4) is 11.6 Å². The van der Waals surface area contributed by atoms with Crippen LogP contribution in [0.3, 0.4) is 0 Å². The molecule has 1 aromatic carbocycles. The van der Waals surface area contributed by atoms with Crippen LogP contribution in [0.15, 0.2) is 41.4 Å². The first-order valence-electron chi connectivity index (χ1n) is 9.00. The lowest BCUT2D eigenvalue weighted by Gasteiger charge is -2.30. The molecule has 1 aliphatic carbocycles. The van der Waals surface area contributed by atoms with Crippen LogP contribution in [0.2, 0.25) is 0 Å². The summed E-state index contributed by atoms with van der Waals surface area (Å²) in [6, 6.07) is 8.38.